The third-order valence-corrected chi connectivity index (χ3v) is 7.49. The topological polar surface area (TPSA) is 46.2 Å². The number of halogens is 8. The Morgan fingerprint density at radius 2 is 1.55 bits per heavy atom. The third-order valence-electron chi connectivity index (χ3n) is 7.49. The van der Waals surface area contributed by atoms with Crippen LogP contribution in [-0.4, -0.2) is 19.3 Å². The van der Waals surface area contributed by atoms with Crippen LogP contribution >= 0.6 is 0 Å². The van der Waals surface area contributed by atoms with Crippen LogP contribution in [0.15, 0.2) is 61.1 Å². The van der Waals surface area contributed by atoms with Crippen molar-refractivity contribution in [1.82, 2.24) is 0 Å². The summed E-state index contributed by atoms with van der Waals surface area (Å²) in [6.45, 7) is 3.14. The van der Waals surface area contributed by atoms with Gasteiger partial charge in [-0.3, -0.25) is 0 Å². The lowest BCUT2D eigenvalue weighted by Crippen LogP contribution is -2.37. The van der Waals surface area contributed by atoms with Gasteiger partial charge in [-0.25, -0.2) is 8.78 Å². The van der Waals surface area contributed by atoms with Crippen LogP contribution in [0.1, 0.15) is 62.9 Å². The standard InChI is InChI=1S/C31H32F8O5/c1-2-3-20-16-41-29(42-17-20)21-6-10-22(11-7-21)30(36,37)43-13-12-19-4-8-23(9-5-19)31(38,39)44-24-14-25(32)28(26(33)15-24)40-18-27(34)35/h6-7,10-15,18-20,23,29H,2-5,8-9,16-17H2,1H3/b13-12+. The van der Waals surface area contributed by atoms with E-state index in [2.05, 4.69) is 16.4 Å². The van der Waals surface area contributed by atoms with Crippen molar-refractivity contribution >= 4 is 0 Å². The van der Waals surface area contributed by atoms with E-state index in [-0.39, 0.29) is 43.4 Å². The number of allylic oxidation sites excluding steroid dienone is 1. The molecule has 2 fully saturated rings. The van der Waals surface area contributed by atoms with Crippen LogP contribution in [0.5, 0.6) is 11.5 Å². The Bertz CT molecular complexity index is 1260. The Morgan fingerprint density at radius 3 is 2.11 bits per heavy atom. The summed E-state index contributed by atoms with van der Waals surface area (Å²) in [4.78, 5) is 0. The maximum atomic E-state index is 14.8. The highest BCUT2D eigenvalue weighted by Crippen LogP contribution is 2.41. The van der Waals surface area contributed by atoms with Crippen molar-refractivity contribution in [2.24, 2.45) is 17.8 Å². The summed E-state index contributed by atoms with van der Waals surface area (Å²) >= 11 is 0. The first-order valence-corrected chi connectivity index (χ1v) is 14.2. The molecular weight excluding hydrogens is 604 g/mol. The number of rotatable bonds is 12. The second kappa shape index (κ2) is 14.6. The molecule has 0 bridgehead atoms. The van der Waals surface area contributed by atoms with Crippen molar-refractivity contribution in [2.45, 2.75) is 64.0 Å². The molecule has 1 saturated carbocycles. The highest BCUT2D eigenvalue weighted by Gasteiger charge is 2.44. The summed E-state index contributed by atoms with van der Waals surface area (Å²) in [6.07, 6.45) is -6.16. The van der Waals surface area contributed by atoms with Crippen molar-refractivity contribution in [3.63, 3.8) is 0 Å². The van der Waals surface area contributed by atoms with E-state index in [4.69, 9.17) is 14.2 Å². The van der Waals surface area contributed by atoms with Crippen molar-refractivity contribution in [3.05, 3.63) is 83.8 Å². The van der Waals surface area contributed by atoms with E-state index < -0.39 is 53.6 Å². The van der Waals surface area contributed by atoms with Crippen LogP contribution in [0.4, 0.5) is 35.1 Å². The second-order valence-electron chi connectivity index (χ2n) is 10.8. The highest BCUT2D eigenvalue weighted by molar-refractivity contribution is 5.35. The molecule has 13 heteroatoms. The summed E-state index contributed by atoms with van der Waals surface area (Å²) in [5.41, 5.74) is 0.223. The minimum Gasteiger partial charge on any atom is -0.453 e. The maximum Gasteiger partial charge on any atom is 0.426 e. The summed E-state index contributed by atoms with van der Waals surface area (Å²) in [6, 6.07) is 6.22. The normalized spacial score (nSPS) is 22.9. The first-order chi connectivity index (χ1) is 20.9. The van der Waals surface area contributed by atoms with Gasteiger partial charge in [0.1, 0.15) is 5.75 Å². The van der Waals surface area contributed by atoms with E-state index in [1.807, 2.05) is 0 Å². The highest BCUT2D eigenvalue weighted by atomic mass is 19.3. The van der Waals surface area contributed by atoms with Crippen molar-refractivity contribution in [2.75, 3.05) is 13.2 Å². The molecule has 0 unspecified atom stereocenters. The van der Waals surface area contributed by atoms with Gasteiger partial charge in [-0.2, -0.15) is 26.3 Å². The molecule has 0 atom stereocenters. The average Bonchev–Trinajstić information content (AvgIpc) is 2.97. The molecule has 1 aliphatic heterocycles. The third kappa shape index (κ3) is 8.87. The van der Waals surface area contributed by atoms with Gasteiger partial charge in [0.15, 0.2) is 29.9 Å². The van der Waals surface area contributed by atoms with Gasteiger partial charge in [0.2, 0.25) is 0 Å². The Kier molecular flexibility index (Phi) is 11.2. The Balaban J connectivity index is 1.25. The van der Waals surface area contributed by atoms with Gasteiger partial charge in [0.05, 0.1) is 31.0 Å². The zero-order valence-corrected chi connectivity index (χ0v) is 23.7. The molecule has 2 aromatic rings. The quantitative estimate of drug-likeness (QED) is 0.172. The van der Waals surface area contributed by atoms with E-state index in [1.54, 1.807) is 0 Å². The number of alkyl halides is 4. The summed E-state index contributed by atoms with van der Waals surface area (Å²) in [5, 5.41) is 0. The molecule has 0 aromatic heterocycles. The lowest BCUT2D eigenvalue weighted by Gasteiger charge is -2.32. The van der Waals surface area contributed by atoms with Gasteiger partial charge in [-0.05, 0) is 56.2 Å². The van der Waals surface area contributed by atoms with E-state index in [9.17, 15) is 35.1 Å². The van der Waals surface area contributed by atoms with Crippen molar-refractivity contribution in [3.8, 4) is 11.5 Å². The van der Waals surface area contributed by atoms with Crippen LogP contribution in [0.3, 0.4) is 0 Å². The molecule has 5 nitrogen and oxygen atoms in total. The smallest absolute Gasteiger partial charge is 0.426 e. The molecule has 2 aromatic carbocycles. The maximum absolute atomic E-state index is 14.8. The molecule has 0 spiro atoms. The summed E-state index contributed by atoms with van der Waals surface area (Å²) in [5.74, 6) is -6.42. The van der Waals surface area contributed by atoms with Crippen LogP contribution < -0.4 is 9.47 Å². The Hall–Kier alpha value is -3.32. The molecule has 1 aliphatic carbocycles. The fourth-order valence-corrected chi connectivity index (χ4v) is 5.15. The van der Waals surface area contributed by atoms with E-state index >= 15 is 0 Å². The van der Waals surface area contributed by atoms with Crippen LogP contribution in [0, 0.1) is 29.4 Å². The van der Waals surface area contributed by atoms with Gasteiger partial charge < -0.3 is 23.7 Å². The monoisotopic (exact) mass is 636 g/mol. The van der Waals surface area contributed by atoms with Gasteiger partial charge >= 0.3 is 18.3 Å². The van der Waals surface area contributed by atoms with Crippen molar-refractivity contribution < 1.29 is 58.8 Å². The zero-order valence-electron chi connectivity index (χ0n) is 23.7. The molecule has 0 amide bonds. The fraction of sp³-hybridized carbons (Fsp3) is 0.484. The number of benzene rings is 2. The number of hydrogen-bond donors (Lipinski definition) is 0. The molecule has 1 heterocycles. The van der Waals surface area contributed by atoms with Gasteiger partial charge in [-0.1, -0.05) is 25.5 Å². The average molecular weight is 637 g/mol. The predicted molar refractivity (Wildman–Crippen MR) is 142 cm³/mol. The molecule has 4 rings (SSSR count). The van der Waals surface area contributed by atoms with E-state index in [1.165, 1.54) is 30.3 Å². The predicted octanol–water partition coefficient (Wildman–Crippen LogP) is 9.60. The number of hydrogen-bond acceptors (Lipinski definition) is 5. The van der Waals surface area contributed by atoms with Gasteiger partial charge in [0.25, 0.3) is 0 Å². The number of ether oxygens (including phenoxy) is 5. The first-order valence-electron chi connectivity index (χ1n) is 14.2. The van der Waals surface area contributed by atoms with Crippen LogP contribution in [-0.2, 0) is 20.3 Å². The second-order valence-corrected chi connectivity index (χ2v) is 10.8. The van der Waals surface area contributed by atoms with E-state index in [0.717, 1.165) is 19.1 Å². The van der Waals surface area contributed by atoms with Crippen LogP contribution in [0.25, 0.3) is 0 Å². The van der Waals surface area contributed by atoms with E-state index in [0.29, 0.717) is 36.8 Å². The Morgan fingerprint density at radius 1 is 0.932 bits per heavy atom. The lowest BCUT2D eigenvalue weighted by atomic mass is 9.81. The fourth-order valence-electron chi connectivity index (χ4n) is 5.15. The minimum absolute atomic E-state index is 0.0723. The summed E-state index contributed by atoms with van der Waals surface area (Å²) < 4.78 is 136. The molecule has 44 heavy (non-hydrogen) atoms. The van der Waals surface area contributed by atoms with Crippen molar-refractivity contribution in [1.29, 1.82) is 0 Å². The summed E-state index contributed by atoms with van der Waals surface area (Å²) in [7, 11) is 0. The largest absolute Gasteiger partial charge is 0.453 e. The lowest BCUT2D eigenvalue weighted by molar-refractivity contribution is -0.223. The molecule has 1 saturated heterocycles. The molecule has 242 valence electrons. The molecule has 2 aliphatic rings. The molecule has 0 radical (unpaired) electrons. The van der Waals surface area contributed by atoms with Gasteiger partial charge in [-0.15, -0.1) is 0 Å². The van der Waals surface area contributed by atoms with Gasteiger partial charge in [0, 0.05) is 23.6 Å². The first kappa shape index (κ1) is 33.6. The Labute approximate surface area is 249 Å². The SMILES string of the molecule is CCCC1COC(c2ccc(C(F)(F)O/C=C/C3CCC(C(F)(F)Oc4cc(F)c(OC=C(F)F)c(F)c4)CC3)cc2)OC1. The zero-order chi connectivity index (χ0) is 31.9. The van der Waals surface area contributed by atoms with Crippen LogP contribution in [0.2, 0.25) is 0 Å². The minimum atomic E-state index is -3.82. The molecular formula is C31H32F8O5. The molecule has 0 N–H and O–H groups in total.